The van der Waals surface area contributed by atoms with E-state index in [0.29, 0.717) is 11.7 Å². The molecule has 0 aliphatic rings. The maximum atomic E-state index is 11.5. The molecule has 1 aromatic carbocycles. The lowest BCUT2D eigenvalue weighted by Gasteiger charge is -2.18. The van der Waals surface area contributed by atoms with Gasteiger partial charge in [-0.3, -0.25) is 0 Å². The smallest absolute Gasteiger partial charge is 0.147 e. The highest BCUT2D eigenvalue weighted by molar-refractivity contribution is 7.85. The van der Waals surface area contributed by atoms with Crippen LogP contribution in [0.5, 0.6) is 0 Å². The number of hydrogen-bond donors (Lipinski definition) is 1. The van der Waals surface area contributed by atoms with E-state index in [9.17, 15) is 13.0 Å². The maximum Gasteiger partial charge on any atom is 0.147 e. The van der Waals surface area contributed by atoms with Crippen molar-refractivity contribution in [1.29, 1.82) is 0 Å². The Balaban J connectivity index is 2.72. The monoisotopic (exact) mass is 355 g/mol. The summed E-state index contributed by atoms with van der Waals surface area (Å²) >= 11 is 0. The van der Waals surface area contributed by atoms with E-state index in [-0.39, 0.29) is 4.90 Å². The van der Waals surface area contributed by atoms with Gasteiger partial charge in [0, 0.05) is 6.07 Å². The Labute approximate surface area is 147 Å². The minimum absolute atomic E-state index is 0.0860. The van der Waals surface area contributed by atoms with Gasteiger partial charge in [0.25, 0.3) is 0 Å². The standard InChI is InChI=1S/C19H33NO3S/c1-3-5-7-9-13-17(14-10-8-6-4-2)20-18-15-11-12-16-19(18)24(21,22)23/h11-12,15-17,20H,3-10,13-14H2,1-2H3,(H,21,22,23). The van der Waals surface area contributed by atoms with Crippen LogP contribution in [0.15, 0.2) is 29.2 Å². The number of rotatable bonds is 13. The molecule has 0 spiro atoms. The molecule has 0 bridgehead atoms. The van der Waals surface area contributed by atoms with Gasteiger partial charge in [-0.15, -0.1) is 0 Å². The van der Waals surface area contributed by atoms with Gasteiger partial charge in [0.15, 0.2) is 0 Å². The molecule has 0 radical (unpaired) electrons. The van der Waals surface area contributed by atoms with Crippen molar-refractivity contribution in [2.45, 2.75) is 89.0 Å². The Hall–Kier alpha value is -0.910. The third-order valence-corrected chi connectivity index (χ3v) is 5.37. The van der Waals surface area contributed by atoms with Crippen LogP contribution in [0, 0.1) is 0 Å². The molecule has 24 heavy (non-hydrogen) atoms. The fraction of sp³-hybridized carbons (Fsp3) is 0.684. The molecule has 5 heteroatoms. The average molecular weight is 356 g/mol. The van der Waals surface area contributed by atoms with Crippen molar-refractivity contribution < 1.29 is 18.3 Å². The van der Waals surface area contributed by atoms with E-state index in [1.807, 2.05) is 5.32 Å². The number of hydrogen-bond acceptors (Lipinski definition) is 3. The van der Waals surface area contributed by atoms with E-state index < -0.39 is 10.1 Å². The summed E-state index contributed by atoms with van der Waals surface area (Å²) in [5, 5.41) is 2.02. The molecular formula is C19H33NO3S. The second-order valence-electron chi connectivity index (χ2n) is 6.62. The van der Waals surface area contributed by atoms with Gasteiger partial charge in [-0.1, -0.05) is 64.5 Å². The van der Waals surface area contributed by atoms with Crippen LogP contribution >= 0.6 is 0 Å². The number of benzene rings is 1. The molecule has 0 unspecified atom stereocenters. The van der Waals surface area contributed by atoms with Gasteiger partial charge in [0.1, 0.15) is 20.7 Å². The minimum Gasteiger partial charge on any atom is -0.744 e. The Morgan fingerprint density at radius 1 is 0.917 bits per heavy atom. The predicted molar refractivity (Wildman–Crippen MR) is 97.3 cm³/mol. The Bertz CT molecular complexity index is 545. The molecule has 0 amide bonds. The Morgan fingerprint density at radius 3 is 1.96 bits per heavy atom. The molecule has 0 saturated carbocycles. The molecule has 0 saturated heterocycles. The summed E-state index contributed by atoms with van der Waals surface area (Å²) in [4.78, 5) is -0.0860. The van der Waals surface area contributed by atoms with Crippen LogP contribution in [0.25, 0.3) is 0 Å². The summed E-state index contributed by atoms with van der Waals surface area (Å²) in [5.74, 6) is 0. The molecular weight excluding hydrogens is 322 g/mol. The third kappa shape index (κ3) is 8.27. The first-order valence-electron chi connectivity index (χ1n) is 9.38. The van der Waals surface area contributed by atoms with Crippen LogP contribution in [0.1, 0.15) is 78.1 Å². The maximum absolute atomic E-state index is 11.5. The summed E-state index contributed by atoms with van der Waals surface area (Å²) < 4.78 is 34.4. The van der Waals surface area contributed by atoms with Crippen molar-refractivity contribution in [2.24, 2.45) is 0 Å². The molecule has 1 rings (SSSR count). The van der Waals surface area contributed by atoms with E-state index >= 15 is 0 Å². The fourth-order valence-corrected chi connectivity index (χ4v) is 3.75. The molecule has 2 N–H and O–H groups in total. The quantitative estimate of drug-likeness (QED) is 0.329. The summed E-state index contributed by atoms with van der Waals surface area (Å²) in [6, 6.07) is 6.92. The van der Waals surface area contributed by atoms with Crippen molar-refractivity contribution in [3.63, 3.8) is 0 Å². The van der Waals surface area contributed by atoms with Crippen molar-refractivity contribution in [3.8, 4) is 0 Å². The molecule has 4 nitrogen and oxygen atoms in total. The second-order valence-corrected chi connectivity index (χ2v) is 7.97. The number of nitrogens with two attached hydrogens (primary N) is 1. The first-order valence-corrected chi connectivity index (χ1v) is 10.8. The first-order chi connectivity index (χ1) is 11.5. The van der Waals surface area contributed by atoms with E-state index in [4.69, 9.17) is 0 Å². The van der Waals surface area contributed by atoms with Gasteiger partial charge < -0.3 is 9.87 Å². The van der Waals surface area contributed by atoms with E-state index in [1.54, 1.807) is 18.2 Å². The lowest BCUT2D eigenvalue weighted by molar-refractivity contribution is -0.615. The van der Waals surface area contributed by atoms with Gasteiger partial charge in [0.05, 0.1) is 6.04 Å². The Kier molecular flexibility index (Phi) is 10.2. The number of para-hydroxylation sites is 1. The molecule has 0 fully saturated rings. The topological polar surface area (TPSA) is 73.8 Å². The zero-order chi connectivity index (χ0) is 17.8. The molecule has 0 aliphatic carbocycles. The van der Waals surface area contributed by atoms with E-state index in [2.05, 4.69) is 13.8 Å². The highest BCUT2D eigenvalue weighted by atomic mass is 32.2. The zero-order valence-electron chi connectivity index (χ0n) is 15.2. The van der Waals surface area contributed by atoms with Crippen LogP contribution in [-0.4, -0.2) is 19.0 Å². The largest absolute Gasteiger partial charge is 0.744 e. The van der Waals surface area contributed by atoms with Crippen LogP contribution in [0.3, 0.4) is 0 Å². The summed E-state index contributed by atoms with van der Waals surface area (Å²) in [5.41, 5.74) is 0.573. The highest BCUT2D eigenvalue weighted by Gasteiger charge is 2.17. The van der Waals surface area contributed by atoms with Gasteiger partial charge >= 0.3 is 0 Å². The first kappa shape index (κ1) is 21.1. The fourth-order valence-electron chi connectivity index (χ4n) is 3.08. The average Bonchev–Trinajstić information content (AvgIpc) is 2.54. The predicted octanol–water partition coefficient (Wildman–Crippen LogP) is 4.10. The van der Waals surface area contributed by atoms with E-state index in [1.165, 1.54) is 44.6 Å². The minimum atomic E-state index is -4.42. The van der Waals surface area contributed by atoms with Crippen LogP contribution in [0.4, 0.5) is 5.69 Å². The third-order valence-electron chi connectivity index (χ3n) is 4.46. The molecule has 138 valence electrons. The van der Waals surface area contributed by atoms with Crippen molar-refractivity contribution in [3.05, 3.63) is 24.3 Å². The van der Waals surface area contributed by atoms with Crippen LogP contribution in [-0.2, 0) is 10.1 Å². The lowest BCUT2D eigenvalue weighted by atomic mass is 10.0. The van der Waals surface area contributed by atoms with Crippen molar-refractivity contribution >= 4 is 15.8 Å². The van der Waals surface area contributed by atoms with Crippen molar-refractivity contribution in [1.82, 2.24) is 0 Å². The van der Waals surface area contributed by atoms with Crippen LogP contribution in [0.2, 0.25) is 0 Å². The summed E-state index contributed by atoms with van der Waals surface area (Å²) in [7, 11) is -4.42. The normalized spacial score (nSPS) is 12.0. The molecule has 0 aliphatic heterocycles. The Morgan fingerprint density at radius 2 is 1.46 bits per heavy atom. The molecule has 0 aromatic heterocycles. The summed E-state index contributed by atoms with van der Waals surface area (Å²) in [6.07, 6.45) is 11.8. The second kappa shape index (κ2) is 11.6. The van der Waals surface area contributed by atoms with Gasteiger partial charge in [-0.2, -0.15) is 0 Å². The SMILES string of the molecule is CCCCCCC(CCCCCC)[NH2+]c1ccccc1S(=O)(=O)[O-]. The molecule has 0 heterocycles. The number of quaternary nitrogens is 1. The van der Waals surface area contributed by atoms with Crippen molar-refractivity contribution in [2.75, 3.05) is 0 Å². The van der Waals surface area contributed by atoms with E-state index in [0.717, 1.165) is 25.7 Å². The lowest BCUT2D eigenvalue weighted by Crippen LogP contribution is -2.84. The van der Waals surface area contributed by atoms with Gasteiger partial charge in [-0.05, 0) is 31.7 Å². The molecule has 1 aromatic rings. The van der Waals surface area contributed by atoms with Gasteiger partial charge in [-0.25, -0.2) is 8.42 Å². The number of unbranched alkanes of at least 4 members (excludes halogenated alkanes) is 6. The highest BCUT2D eigenvalue weighted by Crippen LogP contribution is 2.17. The van der Waals surface area contributed by atoms with Gasteiger partial charge in [0.2, 0.25) is 0 Å². The molecule has 0 atom stereocenters. The summed E-state index contributed by atoms with van der Waals surface area (Å²) in [6.45, 7) is 4.40. The van der Waals surface area contributed by atoms with Crippen LogP contribution < -0.4 is 5.32 Å². The zero-order valence-corrected chi connectivity index (χ0v) is 16.0.